The van der Waals surface area contributed by atoms with Gasteiger partial charge in [-0.3, -0.25) is 0 Å². The van der Waals surface area contributed by atoms with Crippen molar-refractivity contribution in [1.82, 2.24) is 0 Å². The summed E-state index contributed by atoms with van der Waals surface area (Å²) in [5.41, 5.74) is -1.72. The summed E-state index contributed by atoms with van der Waals surface area (Å²) in [7, 11) is -6.06. The molecular weight excluding hydrogens is 326 g/mol. The maximum absolute atomic E-state index is 13.5. The minimum atomic E-state index is -5.07. The molecule has 0 spiro atoms. The molecule has 1 N–H and O–H groups in total. The Morgan fingerprint density at radius 1 is 1.17 bits per heavy atom. The average Bonchev–Trinajstić information content (AvgIpc) is 2.56. The molecule has 1 heterocycles. The minimum absolute atomic E-state index is 0.142. The summed E-state index contributed by atoms with van der Waals surface area (Å²) in [5.74, 6) is -1.36. The Morgan fingerprint density at radius 3 is 2.04 bits per heavy atom. The van der Waals surface area contributed by atoms with Crippen LogP contribution < -0.4 is 5.46 Å². The standard InChI is InChI=1S/C14H18BFO6S/c1-8-10(12(17)18)6-9(7-11(8)23(16,19)20)15-21-13(2,3)14(4,5)22-15/h6-7H,1-5H3,(H,17,18). The first kappa shape index (κ1) is 17.9. The summed E-state index contributed by atoms with van der Waals surface area (Å²) in [4.78, 5) is 10.6. The normalized spacial score (nSPS) is 19.8. The maximum atomic E-state index is 13.5. The second kappa shape index (κ2) is 5.29. The monoisotopic (exact) mass is 344 g/mol. The fourth-order valence-corrected chi connectivity index (χ4v) is 3.05. The Balaban J connectivity index is 2.62. The zero-order valence-corrected chi connectivity index (χ0v) is 14.3. The van der Waals surface area contributed by atoms with Gasteiger partial charge < -0.3 is 14.4 Å². The third kappa shape index (κ3) is 3.13. The molecule has 0 atom stereocenters. The van der Waals surface area contributed by atoms with Gasteiger partial charge in [-0.25, -0.2) is 4.79 Å². The predicted molar refractivity (Wildman–Crippen MR) is 82.1 cm³/mol. The van der Waals surface area contributed by atoms with Gasteiger partial charge in [-0.05, 0) is 57.8 Å². The fourth-order valence-electron chi connectivity index (χ4n) is 2.30. The van der Waals surface area contributed by atoms with E-state index in [0.29, 0.717) is 0 Å². The van der Waals surface area contributed by atoms with Crippen molar-refractivity contribution in [2.75, 3.05) is 0 Å². The van der Waals surface area contributed by atoms with Crippen LogP contribution in [0, 0.1) is 6.92 Å². The predicted octanol–water partition coefficient (Wildman–Crippen LogP) is 1.65. The van der Waals surface area contributed by atoms with Crippen molar-refractivity contribution in [3.05, 3.63) is 23.3 Å². The maximum Gasteiger partial charge on any atom is 0.494 e. The molecule has 0 amide bonds. The summed E-state index contributed by atoms with van der Waals surface area (Å²) < 4.78 is 47.6. The van der Waals surface area contributed by atoms with E-state index in [1.54, 1.807) is 27.7 Å². The highest BCUT2D eigenvalue weighted by Gasteiger charge is 2.52. The van der Waals surface area contributed by atoms with E-state index >= 15 is 0 Å². The Kier molecular flexibility index (Phi) is 4.12. The summed E-state index contributed by atoms with van der Waals surface area (Å²) in [6.07, 6.45) is 0. The van der Waals surface area contributed by atoms with Crippen molar-refractivity contribution in [2.24, 2.45) is 0 Å². The lowest BCUT2D eigenvalue weighted by molar-refractivity contribution is 0.00578. The van der Waals surface area contributed by atoms with Gasteiger partial charge >= 0.3 is 23.3 Å². The summed E-state index contributed by atoms with van der Waals surface area (Å²) in [6.45, 7) is 8.43. The van der Waals surface area contributed by atoms with E-state index in [4.69, 9.17) is 9.31 Å². The van der Waals surface area contributed by atoms with E-state index in [-0.39, 0.29) is 16.6 Å². The van der Waals surface area contributed by atoms with Crippen molar-refractivity contribution < 1.29 is 31.5 Å². The van der Waals surface area contributed by atoms with Crippen LogP contribution >= 0.6 is 0 Å². The molecule has 1 saturated heterocycles. The van der Waals surface area contributed by atoms with Crippen molar-refractivity contribution >= 4 is 28.8 Å². The first-order valence-corrected chi connectivity index (χ1v) is 8.33. The molecule has 0 bridgehead atoms. The molecule has 0 aromatic heterocycles. The second-order valence-electron chi connectivity index (χ2n) is 6.52. The van der Waals surface area contributed by atoms with Crippen LogP contribution in [0.3, 0.4) is 0 Å². The average molecular weight is 344 g/mol. The minimum Gasteiger partial charge on any atom is -0.478 e. The molecule has 1 aliphatic heterocycles. The van der Waals surface area contributed by atoms with Crippen molar-refractivity contribution in [2.45, 2.75) is 50.7 Å². The Bertz CT molecular complexity index is 756. The van der Waals surface area contributed by atoms with Crippen LogP contribution in [0.25, 0.3) is 0 Å². The van der Waals surface area contributed by atoms with E-state index < -0.39 is 39.4 Å². The Morgan fingerprint density at radius 2 is 1.65 bits per heavy atom. The number of aromatic carboxylic acids is 1. The van der Waals surface area contributed by atoms with Crippen LogP contribution in [-0.4, -0.2) is 37.8 Å². The number of rotatable bonds is 3. The van der Waals surface area contributed by atoms with E-state index in [9.17, 15) is 22.2 Å². The number of halogens is 1. The Hall–Kier alpha value is -1.45. The highest BCUT2D eigenvalue weighted by atomic mass is 32.3. The number of carboxylic acids is 1. The highest BCUT2D eigenvalue weighted by Crippen LogP contribution is 2.36. The van der Waals surface area contributed by atoms with Crippen molar-refractivity contribution in [1.29, 1.82) is 0 Å². The largest absolute Gasteiger partial charge is 0.494 e. The molecule has 1 aliphatic rings. The smallest absolute Gasteiger partial charge is 0.478 e. The molecule has 6 nitrogen and oxygen atoms in total. The molecule has 1 fully saturated rings. The van der Waals surface area contributed by atoms with Crippen LogP contribution in [0.15, 0.2) is 17.0 Å². The van der Waals surface area contributed by atoms with Gasteiger partial charge in [-0.1, -0.05) is 0 Å². The van der Waals surface area contributed by atoms with Crippen LogP contribution in [0.4, 0.5) is 3.89 Å². The molecule has 1 aromatic rings. The SMILES string of the molecule is Cc1c(C(=O)O)cc(B2OC(C)(C)C(C)(C)O2)cc1S(=O)(=O)F. The van der Waals surface area contributed by atoms with Crippen LogP contribution in [0.5, 0.6) is 0 Å². The lowest BCUT2D eigenvalue weighted by Crippen LogP contribution is -2.41. The third-order valence-corrected chi connectivity index (χ3v) is 5.35. The Labute approximate surface area is 135 Å². The van der Waals surface area contributed by atoms with Gasteiger partial charge in [0, 0.05) is 0 Å². The van der Waals surface area contributed by atoms with Gasteiger partial charge in [0.15, 0.2) is 0 Å². The summed E-state index contributed by atoms with van der Waals surface area (Å²) in [5, 5.41) is 9.23. The van der Waals surface area contributed by atoms with Gasteiger partial charge in [0.05, 0.1) is 16.8 Å². The molecule has 126 valence electrons. The van der Waals surface area contributed by atoms with Gasteiger partial charge in [0.1, 0.15) is 4.90 Å². The lowest BCUT2D eigenvalue weighted by Gasteiger charge is -2.32. The van der Waals surface area contributed by atoms with Gasteiger partial charge in [0.25, 0.3) is 0 Å². The quantitative estimate of drug-likeness (QED) is 0.662. The molecule has 1 aromatic carbocycles. The number of benzene rings is 1. The molecule has 0 unspecified atom stereocenters. The van der Waals surface area contributed by atoms with Crippen molar-refractivity contribution in [3.8, 4) is 0 Å². The molecule has 0 aliphatic carbocycles. The molecule has 23 heavy (non-hydrogen) atoms. The van der Waals surface area contributed by atoms with Crippen molar-refractivity contribution in [3.63, 3.8) is 0 Å². The number of hydrogen-bond acceptors (Lipinski definition) is 5. The first-order valence-electron chi connectivity index (χ1n) is 6.94. The first-order chi connectivity index (χ1) is 10.3. The van der Waals surface area contributed by atoms with Crippen LogP contribution in [0.2, 0.25) is 0 Å². The van der Waals surface area contributed by atoms with E-state index in [1.165, 1.54) is 13.0 Å². The van der Waals surface area contributed by atoms with E-state index in [0.717, 1.165) is 6.07 Å². The fraction of sp³-hybridized carbons (Fsp3) is 0.500. The van der Waals surface area contributed by atoms with E-state index in [1.807, 2.05) is 0 Å². The number of carboxylic acid groups (broad SMARTS) is 1. The molecule has 2 rings (SSSR count). The summed E-state index contributed by atoms with van der Waals surface area (Å²) >= 11 is 0. The van der Waals surface area contributed by atoms with Gasteiger partial charge in [0.2, 0.25) is 0 Å². The topological polar surface area (TPSA) is 89.9 Å². The molecule has 0 saturated carbocycles. The lowest BCUT2D eigenvalue weighted by atomic mass is 9.77. The van der Waals surface area contributed by atoms with Crippen LogP contribution in [-0.2, 0) is 19.5 Å². The molecule has 9 heteroatoms. The molecular formula is C14H18BFO6S. The second-order valence-corrected chi connectivity index (χ2v) is 7.84. The van der Waals surface area contributed by atoms with Gasteiger partial charge in [-0.15, -0.1) is 3.89 Å². The summed E-state index contributed by atoms with van der Waals surface area (Å²) in [6, 6.07) is 2.30. The highest BCUT2D eigenvalue weighted by molar-refractivity contribution is 7.86. The van der Waals surface area contributed by atoms with Crippen LogP contribution in [0.1, 0.15) is 43.6 Å². The van der Waals surface area contributed by atoms with E-state index in [2.05, 4.69) is 0 Å². The van der Waals surface area contributed by atoms with Gasteiger partial charge in [-0.2, -0.15) is 8.42 Å². The third-order valence-electron chi connectivity index (χ3n) is 4.40. The molecule has 0 radical (unpaired) electrons. The number of carbonyl (C=O) groups is 1. The number of hydrogen-bond donors (Lipinski definition) is 1. The zero-order valence-electron chi connectivity index (χ0n) is 13.5. The zero-order chi connectivity index (χ0) is 17.8.